The van der Waals surface area contributed by atoms with Crippen molar-refractivity contribution in [3.63, 3.8) is 0 Å². The first-order chi connectivity index (χ1) is 18.6. The third-order valence-corrected chi connectivity index (χ3v) is 7.93. The SMILES string of the molecule is O=C(NC1CCC(CN2C(=O)C(O)(c3ccc(F)c(Cl)c3)c3ccccc32)CC1)c1cc(Cl)cnc1C(F)F. The molecule has 3 aromatic rings. The molecule has 0 spiro atoms. The summed E-state index contributed by atoms with van der Waals surface area (Å²) in [6, 6.07) is 11.6. The average Bonchev–Trinajstić information content (AvgIpc) is 3.13. The van der Waals surface area contributed by atoms with Crippen LogP contribution in [0.4, 0.5) is 18.9 Å². The standard InChI is InChI=1S/C28H24Cl2F3N3O3/c29-17-12-19(24(25(32)33)34-13-17)26(37)35-18-8-5-15(6-9-18)14-36-23-4-2-1-3-20(23)28(39,27(36)38)16-7-10-22(31)21(30)11-16/h1-4,7,10-13,15,18,25,39H,5-6,8-9,14H2,(H,35,37). The van der Waals surface area contributed by atoms with Crippen LogP contribution in [0.1, 0.15) is 59.3 Å². The third-order valence-electron chi connectivity index (χ3n) is 7.44. The molecule has 204 valence electrons. The first-order valence-electron chi connectivity index (χ1n) is 12.4. The molecule has 2 aliphatic rings. The second-order valence-electron chi connectivity index (χ2n) is 9.85. The van der Waals surface area contributed by atoms with Crippen LogP contribution in [0.2, 0.25) is 10.0 Å². The first-order valence-corrected chi connectivity index (χ1v) is 13.2. The lowest BCUT2D eigenvalue weighted by atomic mass is 9.85. The minimum absolute atomic E-state index is 0.0683. The number of fused-ring (bicyclic) bond motifs is 1. The molecule has 5 rings (SSSR count). The Morgan fingerprint density at radius 3 is 2.54 bits per heavy atom. The number of nitrogens with one attached hydrogen (secondary N) is 1. The number of benzene rings is 2. The zero-order valence-electron chi connectivity index (χ0n) is 20.5. The van der Waals surface area contributed by atoms with Crippen LogP contribution >= 0.6 is 23.2 Å². The van der Waals surface area contributed by atoms with E-state index in [9.17, 15) is 27.9 Å². The molecule has 1 aliphatic heterocycles. The van der Waals surface area contributed by atoms with Gasteiger partial charge < -0.3 is 15.3 Å². The van der Waals surface area contributed by atoms with Crippen LogP contribution in [0.5, 0.6) is 0 Å². The lowest BCUT2D eigenvalue weighted by Gasteiger charge is -2.32. The van der Waals surface area contributed by atoms with Gasteiger partial charge in [-0.2, -0.15) is 0 Å². The van der Waals surface area contributed by atoms with Crippen molar-refractivity contribution < 1.29 is 27.9 Å². The number of halogens is 5. The maximum absolute atomic E-state index is 13.8. The quantitative estimate of drug-likeness (QED) is 0.374. The fourth-order valence-corrected chi connectivity index (χ4v) is 5.77. The number of para-hydroxylation sites is 1. The summed E-state index contributed by atoms with van der Waals surface area (Å²) in [7, 11) is 0. The van der Waals surface area contributed by atoms with Gasteiger partial charge in [0, 0.05) is 24.3 Å². The molecule has 2 N–H and O–H groups in total. The summed E-state index contributed by atoms with van der Waals surface area (Å²) in [4.78, 5) is 31.5. The summed E-state index contributed by atoms with van der Waals surface area (Å²) in [6.45, 7) is 0.335. The number of pyridine rings is 1. The maximum Gasteiger partial charge on any atom is 0.281 e. The number of hydrogen-bond donors (Lipinski definition) is 2. The molecule has 6 nitrogen and oxygen atoms in total. The Labute approximate surface area is 232 Å². The highest BCUT2D eigenvalue weighted by atomic mass is 35.5. The summed E-state index contributed by atoms with van der Waals surface area (Å²) in [5.74, 6) is -1.79. The Morgan fingerprint density at radius 1 is 1.13 bits per heavy atom. The van der Waals surface area contributed by atoms with Crippen LogP contribution in [-0.4, -0.2) is 34.5 Å². The Hall–Kier alpha value is -3.14. The van der Waals surface area contributed by atoms with Gasteiger partial charge in [-0.1, -0.05) is 47.5 Å². The molecule has 1 aromatic heterocycles. The van der Waals surface area contributed by atoms with Gasteiger partial charge in [0.2, 0.25) is 0 Å². The van der Waals surface area contributed by atoms with E-state index in [0.717, 1.165) is 12.3 Å². The molecule has 1 atom stereocenters. The monoisotopic (exact) mass is 577 g/mol. The van der Waals surface area contributed by atoms with Crippen molar-refractivity contribution in [1.29, 1.82) is 0 Å². The smallest absolute Gasteiger partial charge is 0.281 e. The predicted octanol–water partition coefficient (Wildman–Crippen LogP) is 6.04. The lowest BCUT2D eigenvalue weighted by molar-refractivity contribution is -0.132. The van der Waals surface area contributed by atoms with Crippen molar-refractivity contribution in [2.45, 2.75) is 43.8 Å². The van der Waals surface area contributed by atoms with Crippen LogP contribution in [0.3, 0.4) is 0 Å². The fraction of sp³-hybridized carbons (Fsp3) is 0.321. The van der Waals surface area contributed by atoms with E-state index in [-0.39, 0.29) is 33.1 Å². The summed E-state index contributed by atoms with van der Waals surface area (Å²) in [6.07, 6.45) is 0.644. The van der Waals surface area contributed by atoms with Gasteiger partial charge in [0.05, 0.1) is 21.3 Å². The number of hydrogen-bond acceptors (Lipinski definition) is 4. The number of nitrogens with zero attached hydrogens (tertiary/aromatic N) is 2. The average molecular weight is 578 g/mol. The van der Waals surface area contributed by atoms with Crippen molar-refractivity contribution in [1.82, 2.24) is 10.3 Å². The number of aromatic nitrogens is 1. The van der Waals surface area contributed by atoms with Crippen molar-refractivity contribution >= 4 is 40.7 Å². The third kappa shape index (κ3) is 5.11. The van der Waals surface area contributed by atoms with E-state index in [1.807, 2.05) is 0 Å². The minimum Gasteiger partial charge on any atom is -0.372 e. The van der Waals surface area contributed by atoms with E-state index in [1.54, 1.807) is 29.2 Å². The molecular formula is C28H24Cl2F3N3O3. The molecule has 0 bridgehead atoms. The molecule has 1 fully saturated rings. The fourth-order valence-electron chi connectivity index (χ4n) is 5.43. The molecule has 2 amide bonds. The highest BCUT2D eigenvalue weighted by Crippen LogP contribution is 2.45. The predicted molar refractivity (Wildman–Crippen MR) is 141 cm³/mol. The largest absolute Gasteiger partial charge is 0.372 e. The van der Waals surface area contributed by atoms with E-state index in [2.05, 4.69) is 10.3 Å². The first kappa shape index (κ1) is 27.4. The topological polar surface area (TPSA) is 82.5 Å². The number of aliphatic hydroxyl groups is 1. The minimum atomic E-state index is -2.91. The summed E-state index contributed by atoms with van der Waals surface area (Å²) in [5.41, 5.74) is -1.74. The van der Waals surface area contributed by atoms with Crippen molar-refractivity contribution in [3.8, 4) is 0 Å². The van der Waals surface area contributed by atoms with E-state index >= 15 is 0 Å². The second-order valence-corrected chi connectivity index (χ2v) is 10.7. The van der Waals surface area contributed by atoms with Crippen LogP contribution in [-0.2, 0) is 10.4 Å². The van der Waals surface area contributed by atoms with Gasteiger partial charge in [0.1, 0.15) is 11.5 Å². The molecule has 39 heavy (non-hydrogen) atoms. The lowest BCUT2D eigenvalue weighted by Crippen LogP contribution is -2.44. The van der Waals surface area contributed by atoms with Gasteiger partial charge in [-0.15, -0.1) is 0 Å². The molecule has 1 aliphatic carbocycles. The van der Waals surface area contributed by atoms with Gasteiger partial charge in [-0.05, 0) is 61.4 Å². The number of anilines is 1. The van der Waals surface area contributed by atoms with Gasteiger partial charge >= 0.3 is 0 Å². The van der Waals surface area contributed by atoms with Crippen LogP contribution in [0.15, 0.2) is 54.7 Å². The summed E-state index contributed by atoms with van der Waals surface area (Å²) < 4.78 is 40.4. The van der Waals surface area contributed by atoms with Crippen molar-refractivity contribution in [3.05, 3.63) is 93.0 Å². The maximum atomic E-state index is 13.8. The number of carbonyl (C=O) groups excluding carboxylic acids is 2. The van der Waals surface area contributed by atoms with Gasteiger partial charge in [0.25, 0.3) is 18.2 Å². The highest BCUT2D eigenvalue weighted by molar-refractivity contribution is 6.31. The Morgan fingerprint density at radius 2 is 1.85 bits per heavy atom. The molecule has 11 heteroatoms. The van der Waals surface area contributed by atoms with Crippen LogP contribution in [0.25, 0.3) is 0 Å². The van der Waals surface area contributed by atoms with E-state index in [0.29, 0.717) is 43.5 Å². The van der Waals surface area contributed by atoms with E-state index in [4.69, 9.17) is 23.2 Å². The van der Waals surface area contributed by atoms with Crippen LogP contribution in [0, 0.1) is 11.7 Å². The second kappa shape index (κ2) is 10.8. The Kier molecular flexibility index (Phi) is 7.59. The summed E-state index contributed by atoms with van der Waals surface area (Å²) >= 11 is 11.8. The Bertz CT molecular complexity index is 1430. The Balaban J connectivity index is 1.28. The molecule has 2 heterocycles. The van der Waals surface area contributed by atoms with E-state index in [1.165, 1.54) is 18.2 Å². The van der Waals surface area contributed by atoms with Crippen molar-refractivity contribution in [2.75, 3.05) is 11.4 Å². The zero-order valence-corrected chi connectivity index (χ0v) is 22.0. The molecule has 2 aromatic carbocycles. The van der Waals surface area contributed by atoms with Gasteiger partial charge in [0.15, 0.2) is 5.60 Å². The molecule has 1 unspecified atom stereocenters. The number of amides is 2. The molecule has 1 saturated carbocycles. The highest BCUT2D eigenvalue weighted by Gasteiger charge is 2.51. The number of rotatable bonds is 6. The van der Waals surface area contributed by atoms with Crippen LogP contribution < -0.4 is 10.2 Å². The van der Waals surface area contributed by atoms with Gasteiger partial charge in [-0.25, -0.2) is 13.2 Å². The number of carbonyl (C=O) groups is 2. The number of alkyl halides is 2. The molecular weight excluding hydrogens is 554 g/mol. The molecule has 0 radical (unpaired) electrons. The van der Waals surface area contributed by atoms with Gasteiger partial charge in [-0.3, -0.25) is 14.6 Å². The van der Waals surface area contributed by atoms with Crippen molar-refractivity contribution in [2.24, 2.45) is 5.92 Å². The zero-order chi connectivity index (χ0) is 27.9. The van der Waals surface area contributed by atoms with E-state index < -0.39 is 35.4 Å². The molecule has 0 saturated heterocycles. The normalized spacial score (nSPS) is 22.7. The summed E-state index contributed by atoms with van der Waals surface area (Å²) in [5, 5.41) is 14.3.